The van der Waals surface area contributed by atoms with Gasteiger partial charge in [-0.25, -0.2) is 0 Å². The second-order valence-electron chi connectivity index (χ2n) is 5.53. The first-order valence-corrected chi connectivity index (χ1v) is 7.78. The summed E-state index contributed by atoms with van der Waals surface area (Å²) < 4.78 is 10.3. The van der Waals surface area contributed by atoms with E-state index in [0.717, 1.165) is 16.3 Å². The molecule has 0 aliphatic heterocycles. The third-order valence-electron chi connectivity index (χ3n) is 3.97. The molecule has 0 radical (unpaired) electrons. The van der Waals surface area contributed by atoms with Crippen LogP contribution in [0, 0.1) is 0 Å². The Morgan fingerprint density at radius 1 is 0.920 bits per heavy atom. The molecule has 126 valence electrons. The molecule has 0 fully saturated rings. The maximum absolute atomic E-state index is 12.4. The van der Waals surface area contributed by atoms with Crippen LogP contribution in [0.4, 0.5) is 0 Å². The van der Waals surface area contributed by atoms with Crippen molar-refractivity contribution >= 4 is 22.6 Å². The van der Waals surface area contributed by atoms with Gasteiger partial charge >= 0.3 is 0 Å². The van der Waals surface area contributed by atoms with E-state index in [0.29, 0.717) is 11.5 Å². The van der Waals surface area contributed by atoms with Crippen molar-refractivity contribution in [2.24, 2.45) is 0 Å². The predicted octanol–water partition coefficient (Wildman–Crippen LogP) is 4.46. The van der Waals surface area contributed by atoms with Crippen LogP contribution in [-0.2, 0) is 0 Å². The highest BCUT2D eigenvalue weighted by Crippen LogP contribution is 2.34. The SMILES string of the molecule is COc1cc(O)c(C(=O)/C=C/c2ccc3ccccc3c2)cc1OC. The van der Waals surface area contributed by atoms with E-state index in [-0.39, 0.29) is 17.1 Å². The lowest BCUT2D eigenvalue weighted by Gasteiger charge is -2.10. The van der Waals surface area contributed by atoms with E-state index in [1.54, 1.807) is 6.08 Å². The fraction of sp³-hybridized carbons (Fsp3) is 0.0952. The Morgan fingerprint density at radius 2 is 1.60 bits per heavy atom. The predicted molar refractivity (Wildman–Crippen MR) is 98.5 cm³/mol. The monoisotopic (exact) mass is 334 g/mol. The number of benzene rings is 3. The Balaban J connectivity index is 1.89. The average Bonchev–Trinajstić information content (AvgIpc) is 2.65. The van der Waals surface area contributed by atoms with Gasteiger partial charge in [-0.1, -0.05) is 42.5 Å². The molecular weight excluding hydrogens is 316 g/mol. The van der Waals surface area contributed by atoms with Gasteiger partial charge in [-0.2, -0.15) is 0 Å². The lowest BCUT2D eigenvalue weighted by atomic mass is 10.0. The van der Waals surface area contributed by atoms with Crippen LogP contribution in [0.1, 0.15) is 15.9 Å². The van der Waals surface area contributed by atoms with Gasteiger partial charge in [0.1, 0.15) is 5.75 Å². The molecule has 0 aliphatic rings. The maximum atomic E-state index is 12.4. The highest BCUT2D eigenvalue weighted by molar-refractivity contribution is 6.09. The van der Waals surface area contributed by atoms with Gasteiger partial charge in [0.15, 0.2) is 17.3 Å². The first-order chi connectivity index (χ1) is 12.1. The highest BCUT2D eigenvalue weighted by atomic mass is 16.5. The van der Waals surface area contributed by atoms with E-state index in [1.165, 1.54) is 32.4 Å². The summed E-state index contributed by atoms with van der Waals surface area (Å²) in [5, 5.41) is 12.3. The molecule has 4 nitrogen and oxygen atoms in total. The van der Waals surface area contributed by atoms with Crippen molar-refractivity contribution in [2.75, 3.05) is 14.2 Å². The van der Waals surface area contributed by atoms with Crippen LogP contribution in [0.15, 0.2) is 60.7 Å². The highest BCUT2D eigenvalue weighted by Gasteiger charge is 2.14. The summed E-state index contributed by atoms with van der Waals surface area (Å²) >= 11 is 0. The smallest absolute Gasteiger partial charge is 0.189 e. The van der Waals surface area contributed by atoms with Crippen LogP contribution in [0.25, 0.3) is 16.8 Å². The van der Waals surface area contributed by atoms with Gasteiger partial charge in [0.2, 0.25) is 0 Å². The normalized spacial score (nSPS) is 11.0. The van der Waals surface area contributed by atoms with Crippen LogP contribution in [0.2, 0.25) is 0 Å². The second-order valence-corrected chi connectivity index (χ2v) is 5.53. The topological polar surface area (TPSA) is 55.8 Å². The van der Waals surface area contributed by atoms with Gasteiger partial charge in [0.05, 0.1) is 19.8 Å². The number of phenolic OH excluding ortho intramolecular Hbond substituents is 1. The van der Waals surface area contributed by atoms with E-state index in [1.807, 2.05) is 42.5 Å². The van der Waals surface area contributed by atoms with Gasteiger partial charge in [-0.15, -0.1) is 0 Å². The largest absolute Gasteiger partial charge is 0.507 e. The molecule has 0 saturated heterocycles. The molecule has 3 aromatic carbocycles. The second kappa shape index (κ2) is 7.09. The third-order valence-corrected chi connectivity index (χ3v) is 3.97. The molecule has 4 heteroatoms. The summed E-state index contributed by atoms with van der Waals surface area (Å²) in [5.41, 5.74) is 1.07. The zero-order valence-electron chi connectivity index (χ0n) is 14.0. The Labute approximate surface area is 145 Å². The van der Waals surface area contributed by atoms with Gasteiger partial charge < -0.3 is 14.6 Å². The molecule has 0 heterocycles. The molecule has 1 N–H and O–H groups in total. The Kier molecular flexibility index (Phi) is 4.70. The minimum absolute atomic E-state index is 0.147. The molecule has 0 amide bonds. The van der Waals surface area contributed by atoms with Crippen molar-refractivity contribution in [1.29, 1.82) is 0 Å². The number of rotatable bonds is 5. The number of ketones is 1. The number of phenols is 1. The van der Waals surface area contributed by atoms with Crippen LogP contribution < -0.4 is 9.47 Å². The fourth-order valence-electron chi connectivity index (χ4n) is 2.64. The molecule has 0 unspecified atom stereocenters. The Bertz CT molecular complexity index is 957. The first kappa shape index (κ1) is 16.6. The number of hydrogen-bond acceptors (Lipinski definition) is 4. The minimum atomic E-state index is -0.313. The van der Waals surface area contributed by atoms with E-state index >= 15 is 0 Å². The summed E-state index contributed by atoms with van der Waals surface area (Å²) in [5.74, 6) is 0.301. The number of methoxy groups -OCH3 is 2. The lowest BCUT2D eigenvalue weighted by Crippen LogP contribution is -1.98. The number of hydrogen-bond donors (Lipinski definition) is 1. The Morgan fingerprint density at radius 3 is 2.32 bits per heavy atom. The first-order valence-electron chi connectivity index (χ1n) is 7.78. The fourth-order valence-corrected chi connectivity index (χ4v) is 2.64. The molecular formula is C21H18O4. The van der Waals surface area contributed by atoms with Crippen LogP contribution in [0.5, 0.6) is 17.2 Å². The van der Waals surface area contributed by atoms with Crippen molar-refractivity contribution in [3.8, 4) is 17.2 Å². The van der Waals surface area contributed by atoms with Crippen molar-refractivity contribution in [3.05, 3.63) is 71.8 Å². The number of fused-ring (bicyclic) bond motifs is 1. The molecule has 0 saturated carbocycles. The minimum Gasteiger partial charge on any atom is -0.507 e. The summed E-state index contributed by atoms with van der Waals surface area (Å²) in [6.45, 7) is 0. The summed E-state index contributed by atoms with van der Waals surface area (Å²) in [4.78, 5) is 12.4. The number of aromatic hydroxyl groups is 1. The summed E-state index contributed by atoms with van der Waals surface area (Å²) in [7, 11) is 2.95. The van der Waals surface area contributed by atoms with Crippen LogP contribution in [-0.4, -0.2) is 25.1 Å². The molecule has 0 spiro atoms. The number of allylic oxidation sites excluding steroid dienone is 1. The molecule has 25 heavy (non-hydrogen) atoms. The molecule has 0 aromatic heterocycles. The third kappa shape index (κ3) is 3.48. The summed E-state index contributed by atoms with van der Waals surface area (Å²) in [6.07, 6.45) is 3.16. The van der Waals surface area contributed by atoms with Crippen molar-refractivity contribution in [3.63, 3.8) is 0 Å². The lowest BCUT2D eigenvalue weighted by molar-refractivity contribution is 0.104. The van der Waals surface area contributed by atoms with Crippen LogP contribution in [0.3, 0.4) is 0 Å². The van der Waals surface area contributed by atoms with Gasteiger partial charge in [0.25, 0.3) is 0 Å². The average molecular weight is 334 g/mol. The van der Waals surface area contributed by atoms with Gasteiger partial charge in [-0.05, 0) is 34.5 Å². The molecule has 3 aromatic rings. The van der Waals surface area contributed by atoms with Gasteiger partial charge in [0, 0.05) is 6.07 Å². The van der Waals surface area contributed by atoms with Crippen molar-refractivity contribution < 1.29 is 19.4 Å². The quantitative estimate of drug-likeness (QED) is 0.553. The molecule has 3 rings (SSSR count). The number of carbonyl (C=O) groups is 1. The molecule has 0 aliphatic carbocycles. The molecule has 0 atom stereocenters. The van der Waals surface area contributed by atoms with E-state index in [2.05, 4.69) is 0 Å². The Hall–Kier alpha value is -3.27. The molecule has 0 bridgehead atoms. The van der Waals surface area contributed by atoms with Gasteiger partial charge in [-0.3, -0.25) is 4.79 Å². The standard InChI is InChI=1S/C21H18O4/c1-24-20-12-17(19(23)13-21(20)25-2)18(22)10-8-14-7-9-15-5-3-4-6-16(15)11-14/h3-13,23H,1-2H3/b10-8+. The van der Waals surface area contributed by atoms with Crippen LogP contribution >= 0.6 is 0 Å². The number of ether oxygens (including phenoxy) is 2. The van der Waals surface area contributed by atoms with E-state index in [4.69, 9.17) is 9.47 Å². The zero-order valence-corrected chi connectivity index (χ0v) is 14.0. The maximum Gasteiger partial charge on any atom is 0.189 e. The van der Waals surface area contributed by atoms with E-state index in [9.17, 15) is 9.90 Å². The van der Waals surface area contributed by atoms with E-state index < -0.39 is 0 Å². The van der Waals surface area contributed by atoms with Crippen molar-refractivity contribution in [1.82, 2.24) is 0 Å². The zero-order chi connectivity index (χ0) is 17.8. The van der Waals surface area contributed by atoms with Crippen molar-refractivity contribution in [2.45, 2.75) is 0 Å². The number of carbonyl (C=O) groups excluding carboxylic acids is 1. The summed E-state index contributed by atoms with van der Waals surface area (Å²) in [6, 6.07) is 16.8.